The molecule has 1 fully saturated rings. The van der Waals surface area contributed by atoms with Gasteiger partial charge in [-0.25, -0.2) is 0 Å². The molecule has 4 aromatic rings. The number of likely N-dealkylation sites (tertiary alicyclic amines) is 1. The van der Waals surface area contributed by atoms with E-state index in [9.17, 15) is 14.9 Å². The van der Waals surface area contributed by atoms with Crippen molar-refractivity contribution in [2.75, 3.05) is 42.1 Å². The summed E-state index contributed by atoms with van der Waals surface area (Å²) in [6.07, 6.45) is 6.78. The summed E-state index contributed by atoms with van der Waals surface area (Å²) in [5.41, 5.74) is 4.09. The molecule has 0 unspecified atom stereocenters. The van der Waals surface area contributed by atoms with Crippen LogP contribution in [0.1, 0.15) is 34.5 Å². The number of piperidine rings is 1. The third-order valence-electron chi connectivity index (χ3n) is 6.98. The van der Waals surface area contributed by atoms with Crippen LogP contribution in [0.4, 0.5) is 17.1 Å². The standard InChI is InChI=1S/C30H33N7O3S/c38-30(29-27(13-19-41-29)34-20-22-12-14-31-26-7-3-2-6-25(22)26)35-24-10-8-23(9-11-24)33-21-28(37(39)40)32-15-18-36-16-4-1-5-17-36/h2-3,6-14,19,21,32-34H,1,4-5,15-18,20H2,(H,35,38). The molecule has 1 amide bonds. The quantitative estimate of drug-likeness (QED) is 0.126. The lowest BCUT2D eigenvalue weighted by Crippen LogP contribution is -2.36. The van der Waals surface area contributed by atoms with Crippen molar-refractivity contribution in [3.8, 4) is 0 Å². The van der Waals surface area contributed by atoms with Gasteiger partial charge in [0.25, 0.3) is 5.91 Å². The van der Waals surface area contributed by atoms with E-state index in [2.05, 4.69) is 31.2 Å². The molecule has 5 rings (SSSR count). The number of aromatic nitrogens is 1. The van der Waals surface area contributed by atoms with Gasteiger partial charge in [0.05, 0.1) is 23.9 Å². The van der Waals surface area contributed by atoms with Crippen molar-refractivity contribution in [2.24, 2.45) is 0 Å². The first-order valence-electron chi connectivity index (χ1n) is 13.7. The third-order valence-corrected chi connectivity index (χ3v) is 7.89. The number of nitrogens with zero attached hydrogens (tertiary/aromatic N) is 3. The number of para-hydroxylation sites is 1. The molecular formula is C30H33N7O3S. The van der Waals surface area contributed by atoms with Gasteiger partial charge in [0.2, 0.25) is 0 Å². The highest BCUT2D eigenvalue weighted by atomic mass is 32.1. The lowest BCUT2D eigenvalue weighted by atomic mass is 10.1. The molecule has 0 radical (unpaired) electrons. The van der Waals surface area contributed by atoms with Gasteiger partial charge in [-0.15, -0.1) is 11.3 Å². The SMILES string of the molecule is O=C(Nc1ccc(NC=C(NCCN2CCCCC2)[N+](=O)[O-])cc1)c1sccc1NCc1ccnc2ccccc12. The van der Waals surface area contributed by atoms with Gasteiger partial charge < -0.3 is 26.1 Å². The summed E-state index contributed by atoms with van der Waals surface area (Å²) < 4.78 is 0. The van der Waals surface area contributed by atoms with Gasteiger partial charge in [-0.05, 0) is 84.3 Å². The molecule has 1 aliphatic rings. The molecule has 10 nitrogen and oxygen atoms in total. The largest absolute Gasteiger partial charge is 0.380 e. The van der Waals surface area contributed by atoms with Crippen LogP contribution in [-0.2, 0) is 6.54 Å². The maximum atomic E-state index is 13.0. The van der Waals surface area contributed by atoms with Crippen LogP contribution < -0.4 is 21.3 Å². The maximum Gasteiger partial charge on any atom is 0.332 e. The zero-order chi connectivity index (χ0) is 28.4. The number of fused-ring (bicyclic) bond motifs is 1. The maximum absolute atomic E-state index is 13.0. The summed E-state index contributed by atoms with van der Waals surface area (Å²) in [5.74, 6) is -0.298. The van der Waals surface area contributed by atoms with Crippen molar-refractivity contribution in [1.82, 2.24) is 15.2 Å². The highest BCUT2D eigenvalue weighted by Gasteiger charge is 2.15. The Morgan fingerprint density at radius 1 is 1.02 bits per heavy atom. The van der Waals surface area contributed by atoms with E-state index in [-0.39, 0.29) is 11.7 Å². The molecule has 41 heavy (non-hydrogen) atoms. The predicted octanol–water partition coefficient (Wildman–Crippen LogP) is 5.72. The van der Waals surface area contributed by atoms with E-state index in [1.807, 2.05) is 41.8 Å². The molecule has 0 spiro atoms. The first-order chi connectivity index (χ1) is 20.1. The number of carbonyl (C=O) groups excluding carboxylic acids is 1. The molecule has 4 N–H and O–H groups in total. The van der Waals surface area contributed by atoms with Gasteiger partial charge in [-0.3, -0.25) is 20.0 Å². The fraction of sp³-hybridized carbons (Fsp3) is 0.267. The zero-order valence-corrected chi connectivity index (χ0v) is 23.5. The van der Waals surface area contributed by atoms with Gasteiger partial charge in [-0.1, -0.05) is 24.6 Å². The molecule has 0 saturated carbocycles. The molecular weight excluding hydrogens is 538 g/mol. The van der Waals surface area contributed by atoms with Crippen LogP contribution in [-0.4, -0.2) is 46.9 Å². The average Bonchev–Trinajstić information content (AvgIpc) is 3.48. The van der Waals surface area contributed by atoms with Crippen LogP contribution >= 0.6 is 11.3 Å². The Kier molecular flexibility index (Phi) is 9.40. The number of nitro groups is 1. The van der Waals surface area contributed by atoms with Crippen molar-refractivity contribution in [1.29, 1.82) is 0 Å². The van der Waals surface area contributed by atoms with Crippen LogP contribution in [0.3, 0.4) is 0 Å². The smallest absolute Gasteiger partial charge is 0.332 e. The molecule has 2 aromatic heterocycles. The number of thiophene rings is 1. The Morgan fingerprint density at radius 3 is 2.61 bits per heavy atom. The Morgan fingerprint density at radius 2 is 1.80 bits per heavy atom. The number of hydrogen-bond donors (Lipinski definition) is 4. The number of carbonyl (C=O) groups is 1. The van der Waals surface area contributed by atoms with E-state index in [1.54, 1.807) is 30.5 Å². The second-order valence-corrected chi connectivity index (χ2v) is 10.7. The molecule has 1 saturated heterocycles. The summed E-state index contributed by atoms with van der Waals surface area (Å²) >= 11 is 1.37. The summed E-state index contributed by atoms with van der Waals surface area (Å²) in [4.78, 5) is 31.4. The van der Waals surface area contributed by atoms with E-state index in [4.69, 9.17) is 0 Å². The fourth-order valence-electron chi connectivity index (χ4n) is 4.81. The second-order valence-electron chi connectivity index (χ2n) is 9.80. The van der Waals surface area contributed by atoms with E-state index in [0.29, 0.717) is 29.3 Å². The third kappa shape index (κ3) is 7.59. The van der Waals surface area contributed by atoms with Crippen LogP contribution in [0.15, 0.2) is 84.3 Å². The number of pyridine rings is 1. The molecule has 212 valence electrons. The van der Waals surface area contributed by atoms with Crippen molar-refractivity contribution < 1.29 is 9.72 Å². The van der Waals surface area contributed by atoms with Crippen molar-refractivity contribution in [3.05, 3.63) is 105 Å². The minimum Gasteiger partial charge on any atom is -0.380 e. The van der Waals surface area contributed by atoms with Crippen molar-refractivity contribution in [3.63, 3.8) is 0 Å². The first kappa shape index (κ1) is 28.1. The minimum absolute atomic E-state index is 0.0862. The van der Waals surface area contributed by atoms with E-state index < -0.39 is 4.92 Å². The first-order valence-corrected chi connectivity index (χ1v) is 14.6. The second kappa shape index (κ2) is 13.7. The molecule has 2 aromatic carbocycles. The Bertz CT molecular complexity index is 1510. The van der Waals surface area contributed by atoms with Gasteiger partial charge in [0, 0.05) is 36.0 Å². The predicted molar refractivity (Wildman–Crippen MR) is 165 cm³/mol. The number of hydrogen-bond acceptors (Lipinski definition) is 9. The lowest BCUT2D eigenvalue weighted by Gasteiger charge is -2.25. The zero-order valence-electron chi connectivity index (χ0n) is 22.6. The number of rotatable bonds is 12. The fourth-order valence-corrected chi connectivity index (χ4v) is 5.57. The van der Waals surface area contributed by atoms with Crippen molar-refractivity contribution in [2.45, 2.75) is 25.8 Å². The Labute approximate surface area is 242 Å². The monoisotopic (exact) mass is 571 g/mol. The summed E-state index contributed by atoms with van der Waals surface area (Å²) in [6.45, 7) is 3.95. The van der Waals surface area contributed by atoms with Crippen LogP contribution in [0.2, 0.25) is 0 Å². The van der Waals surface area contributed by atoms with Crippen LogP contribution in [0.5, 0.6) is 0 Å². The van der Waals surface area contributed by atoms with Gasteiger partial charge in [0.1, 0.15) is 4.88 Å². The number of amides is 1. The summed E-state index contributed by atoms with van der Waals surface area (Å²) in [7, 11) is 0. The number of nitrogens with one attached hydrogen (secondary N) is 4. The highest BCUT2D eigenvalue weighted by Crippen LogP contribution is 2.26. The molecule has 0 bridgehead atoms. The summed E-state index contributed by atoms with van der Waals surface area (Å²) in [6, 6.07) is 18.9. The van der Waals surface area contributed by atoms with E-state index >= 15 is 0 Å². The normalized spacial score (nSPS) is 14.0. The highest BCUT2D eigenvalue weighted by molar-refractivity contribution is 7.12. The molecule has 0 aliphatic carbocycles. The van der Waals surface area contributed by atoms with E-state index in [1.165, 1.54) is 36.8 Å². The Balaban J connectivity index is 1.14. The molecule has 3 heterocycles. The van der Waals surface area contributed by atoms with Crippen molar-refractivity contribution >= 4 is 45.2 Å². The molecule has 11 heteroatoms. The van der Waals surface area contributed by atoms with Crippen LogP contribution in [0, 0.1) is 10.1 Å². The number of anilines is 3. The molecule has 0 atom stereocenters. The van der Waals surface area contributed by atoms with Crippen LogP contribution in [0.25, 0.3) is 10.9 Å². The lowest BCUT2D eigenvalue weighted by molar-refractivity contribution is -0.431. The van der Waals surface area contributed by atoms with Gasteiger partial charge in [-0.2, -0.15) is 0 Å². The van der Waals surface area contributed by atoms with Gasteiger partial charge >= 0.3 is 5.82 Å². The average molecular weight is 572 g/mol. The van der Waals surface area contributed by atoms with E-state index in [0.717, 1.165) is 41.8 Å². The number of benzene rings is 2. The topological polar surface area (TPSA) is 124 Å². The Hall–Kier alpha value is -4.48. The molecule has 1 aliphatic heterocycles. The summed E-state index contributed by atoms with van der Waals surface area (Å²) in [5, 5.41) is 26.6. The minimum atomic E-state index is -0.429. The van der Waals surface area contributed by atoms with Gasteiger partial charge in [0.15, 0.2) is 0 Å².